The molecule has 0 unspecified atom stereocenters. The van der Waals surface area contributed by atoms with Crippen molar-refractivity contribution in [3.8, 4) is 6.07 Å². The number of anilines is 1. The lowest BCUT2D eigenvalue weighted by Gasteiger charge is -2.36. The zero-order chi connectivity index (χ0) is 17.2. The molecule has 0 bridgehead atoms. The largest absolute Gasteiger partial charge is 0.369 e. The molecule has 6 heteroatoms. The molecule has 0 N–H and O–H groups in total. The van der Waals surface area contributed by atoms with Crippen LogP contribution in [0.25, 0.3) is 5.52 Å². The highest BCUT2D eigenvalue weighted by atomic mass is 35.5. The Morgan fingerprint density at radius 3 is 2.52 bits per heavy atom. The first-order valence-electron chi connectivity index (χ1n) is 8.33. The van der Waals surface area contributed by atoms with E-state index in [1.54, 1.807) is 10.6 Å². The Kier molecular flexibility index (Phi) is 4.31. The van der Waals surface area contributed by atoms with Crippen LogP contribution in [-0.2, 0) is 6.54 Å². The van der Waals surface area contributed by atoms with Gasteiger partial charge >= 0.3 is 0 Å². The Hall–Kier alpha value is -2.55. The number of piperazine rings is 1. The Morgan fingerprint density at radius 2 is 1.80 bits per heavy atom. The quantitative estimate of drug-likeness (QED) is 0.727. The zero-order valence-electron chi connectivity index (χ0n) is 13.8. The van der Waals surface area contributed by atoms with Crippen LogP contribution in [0.3, 0.4) is 0 Å². The van der Waals surface area contributed by atoms with E-state index in [4.69, 9.17) is 11.6 Å². The average Bonchev–Trinajstić information content (AvgIpc) is 3.06. The van der Waals surface area contributed by atoms with Crippen LogP contribution in [0.5, 0.6) is 0 Å². The number of pyridine rings is 1. The molecule has 1 aromatic carbocycles. The predicted octanol–water partition coefficient (Wildman–Crippen LogP) is 3.18. The van der Waals surface area contributed by atoms with E-state index in [9.17, 15) is 5.26 Å². The third-order valence-corrected chi connectivity index (χ3v) is 4.95. The summed E-state index contributed by atoms with van der Waals surface area (Å²) < 4.78 is 1.72. The van der Waals surface area contributed by atoms with Gasteiger partial charge in [-0.3, -0.25) is 4.90 Å². The van der Waals surface area contributed by atoms with Crippen molar-refractivity contribution < 1.29 is 0 Å². The summed E-state index contributed by atoms with van der Waals surface area (Å²) in [6.07, 6.45) is 1.88. The van der Waals surface area contributed by atoms with Crippen molar-refractivity contribution in [2.24, 2.45) is 0 Å². The number of nitrogens with zero attached hydrogens (tertiary/aromatic N) is 5. The van der Waals surface area contributed by atoms with Gasteiger partial charge in [0.25, 0.3) is 0 Å². The fraction of sp³-hybridized carbons (Fsp3) is 0.263. The highest BCUT2D eigenvalue weighted by molar-refractivity contribution is 6.30. The standard InChI is InChI=1S/C19H18ClN5/c20-16-4-6-17(7-5-16)24-10-8-23(9-11-24)14-15-13-22-25-18(12-21)2-1-3-19(15)25/h1-7,13H,8-11,14H2. The van der Waals surface area contributed by atoms with E-state index < -0.39 is 0 Å². The number of halogens is 1. The molecule has 0 saturated carbocycles. The molecule has 1 aliphatic rings. The second-order valence-electron chi connectivity index (χ2n) is 6.23. The van der Waals surface area contributed by atoms with Crippen molar-refractivity contribution in [1.29, 1.82) is 5.26 Å². The van der Waals surface area contributed by atoms with Gasteiger partial charge in [-0.05, 0) is 36.4 Å². The van der Waals surface area contributed by atoms with E-state index in [0.717, 1.165) is 48.8 Å². The first-order valence-corrected chi connectivity index (χ1v) is 8.71. The van der Waals surface area contributed by atoms with Gasteiger partial charge in [0, 0.05) is 49.0 Å². The number of hydrogen-bond donors (Lipinski definition) is 0. The van der Waals surface area contributed by atoms with Crippen LogP contribution in [0.2, 0.25) is 5.02 Å². The first kappa shape index (κ1) is 15.9. The molecule has 0 spiro atoms. The molecule has 1 saturated heterocycles. The minimum Gasteiger partial charge on any atom is -0.369 e. The van der Waals surface area contributed by atoms with Gasteiger partial charge < -0.3 is 4.90 Å². The summed E-state index contributed by atoms with van der Waals surface area (Å²) in [7, 11) is 0. The number of hydrogen-bond acceptors (Lipinski definition) is 4. The maximum absolute atomic E-state index is 9.19. The summed E-state index contributed by atoms with van der Waals surface area (Å²) in [5.41, 5.74) is 3.96. The molecule has 126 valence electrons. The second kappa shape index (κ2) is 6.75. The van der Waals surface area contributed by atoms with Crippen LogP contribution >= 0.6 is 11.6 Å². The Bertz CT molecular complexity index is 917. The van der Waals surface area contributed by atoms with Crippen molar-refractivity contribution in [3.05, 3.63) is 64.9 Å². The van der Waals surface area contributed by atoms with Gasteiger partial charge in [0.15, 0.2) is 0 Å². The summed E-state index contributed by atoms with van der Waals surface area (Å²) in [4.78, 5) is 4.82. The smallest absolute Gasteiger partial charge is 0.142 e. The van der Waals surface area contributed by atoms with Gasteiger partial charge in [0.05, 0.1) is 11.7 Å². The highest BCUT2D eigenvalue weighted by Gasteiger charge is 2.19. The summed E-state index contributed by atoms with van der Waals surface area (Å²) >= 11 is 5.97. The minimum absolute atomic E-state index is 0.566. The molecule has 5 nitrogen and oxygen atoms in total. The van der Waals surface area contributed by atoms with Crippen LogP contribution in [0.1, 0.15) is 11.3 Å². The van der Waals surface area contributed by atoms with Crippen molar-refractivity contribution in [1.82, 2.24) is 14.5 Å². The van der Waals surface area contributed by atoms with E-state index in [1.165, 1.54) is 5.69 Å². The molecule has 0 atom stereocenters. The third kappa shape index (κ3) is 3.19. The van der Waals surface area contributed by atoms with Gasteiger partial charge in [-0.15, -0.1) is 0 Å². The van der Waals surface area contributed by atoms with Gasteiger partial charge in [-0.1, -0.05) is 17.7 Å². The fourth-order valence-corrected chi connectivity index (χ4v) is 3.45. The number of rotatable bonds is 3. The SMILES string of the molecule is N#Cc1cccc2c(CN3CCN(c4ccc(Cl)cc4)CC3)cnn12. The Balaban J connectivity index is 1.44. The molecule has 3 heterocycles. The summed E-state index contributed by atoms with van der Waals surface area (Å²) in [6, 6.07) is 15.9. The molecule has 1 aliphatic heterocycles. The fourth-order valence-electron chi connectivity index (χ4n) is 3.33. The number of fused-ring (bicyclic) bond motifs is 1. The molecule has 2 aromatic heterocycles. The van der Waals surface area contributed by atoms with Crippen molar-refractivity contribution in [2.75, 3.05) is 31.1 Å². The summed E-state index contributed by atoms with van der Waals surface area (Å²) in [5.74, 6) is 0. The van der Waals surface area contributed by atoms with Crippen molar-refractivity contribution in [2.45, 2.75) is 6.54 Å². The predicted molar refractivity (Wildman–Crippen MR) is 98.8 cm³/mol. The lowest BCUT2D eigenvalue weighted by molar-refractivity contribution is 0.250. The molecule has 0 radical (unpaired) electrons. The van der Waals surface area contributed by atoms with Crippen LogP contribution in [0.4, 0.5) is 5.69 Å². The molecule has 1 fully saturated rings. The molecule has 0 amide bonds. The van der Waals surface area contributed by atoms with E-state index in [-0.39, 0.29) is 0 Å². The maximum atomic E-state index is 9.19. The molecular weight excluding hydrogens is 334 g/mol. The van der Waals surface area contributed by atoms with E-state index in [2.05, 4.69) is 33.1 Å². The zero-order valence-corrected chi connectivity index (χ0v) is 14.5. The average molecular weight is 352 g/mol. The van der Waals surface area contributed by atoms with Gasteiger partial charge in [0.2, 0.25) is 0 Å². The monoisotopic (exact) mass is 351 g/mol. The Labute approximate surface area is 151 Å². The number of nitriles is 1. The van der Waals surface area contributed by atoms with Gasteiger partial charge in [-0.2, -0.15) is 10.4 Å². The second-order valence-corrected chi connectivity index (χ2v) is 6.67. The minimum atomic E-state index is 0.566. The molecule has 25 heavy (non-hydrogen) atoms. The molecule has 0 aliphatic carbocycles. The molecule has 3 aromatic rings. The van der Waals surface area contributed by atoms with Crippen LogP contribution in [0, 0.1) is 11.3 Å². The first-order chi connectivity index (χ1) is 12.2. The van der Waals surface area contributed by atoms with E-state index >= 15 is 0 Å². The van der Waals surface area contributed by atoms with Crippen molar-refractivity contribution >= 4 is 22.8 Å². The highest BCUT2D eigenvalue weighted by Crippen LogP contribution is 2.21. The lowest BCUT2D eigenvalue weighted by Crippen LogP contribution is -2.45. The lowest BCUT2D eigenvalue weighted by atomic mass is 10.2. The van der Waals surface area contributed by atoms with Crippen LogP contribution < -0.4 is 4.90 Å². The molecule has 4 rings (SSSR count). The van der Waals surface area contributed by atoms with E-state index in [1.807, 2.05) is 30.5 Å². The van der Waals surface area contributed by atoms with Crippen LogP contribution in [0.15, 0.2) is 48.7 Å². The third-order valence-electron chi connectivity index (χ3n) is 4.70. The summed E-state index contributed by atoms with van der Waals surface area (Å²) in [6.45, 7) is 4.83. The van der Waals surface area contributed by atoms with Crippen molar-refractivity contribution in [3.63, 3.8) is 0 Å². The van der Waals surface area contributed by atoms with Gasteiger partial charge in [0.1, 0.15) is 11.8 Å². The Morgan fingerprint density at radius 1 is 1.04 bits per heavy atom. The normalized spacial score (nSPS) is 15.4. The van der Waals surface area contributed by atoms with Crippen LogP contribution in [-0.4, -0.2) is 40.7 Å². The number of benzene rings is 1. The molecular formula is C19H18ClN5. The maximum Gasteiger partial charge on any atom is 0.142 e. The van der Waals surface area contributed by atoms with E-state index in [0.29, 0.717) is 5.69 Å². The van der Waals surface area contributed by atoms with Gasteiger partial charge in [-0.25, -0.2) is 4.52 Å². The number of aromatic nitrogens is 2. The topological polar surface area (TPSA) is 47.6 Å². The summed E-state index contributed by atoms with van der Waals surface area (Å²) in [5, 5.41) is 14.3.